The molecule has 5 aromatic carbocycles. The molecule has 1 aliphatic heterocycles. The third-order valence-corrected chi connectivity index (χ3v) is 33.5. The summed E-state index contributed by atoms with van der Waals surface area (Å²) >= 11 is 0. The molecular weight excluding hydrogens is 961 g/mol. The van der Waals surface area contributed by atoms with Gasteiger partial charge in [0.15, 0.2) is 0 Å². The van der Waals surface area contributed by atoms with Crippen LogP contribution < -0.4 is 49.6 Å². The van der Waals surface area contributed by atoms with Crippen LogP contribution in [0.3, 0.4) is 0 Å². The first-order chi connectivity index (χ1) is 32.0. The summed E-state index contributed by atoms with van der Waals surface area (Å²) in [6.07, 6.45) is 0. The number of hydrogen-bond donors (Lipinski definition) is 0. The molecule has 15 heteroatoms. The monoisotopic (exact) mass is 1040 g/mol. The average molecular weight is 1040 g/mol. The van der Waals surface area contributed by atoms with Crippen molar-refractivity contribution in [1.29, 1.82) is 0 Å². The molecular formula is C55H80O10Si5. The first-order valence-electron chi connectivity index (χ1n) is 24.4. The van der Waals surface area contributed by atoms with Crippen molar-refractivity contribution in [3.63, 3.8) is 0 Å². The lowest BCUT2D eigenvalue weighted by Crippen LogP contribution is -2.77. The Balaban J connectivity index is 1.66. The zero-order chi connectivity index (χ0) is 52.0. The van der Waals surface area contributed by atoms with E-state index in [0.717, 1.165) is 54.7 Å². The van der Waals surface area contributed by atoms with E-state index in [1.54, 1.807) is 0 Å². The fourth-order valence-corrected chi connectivity index (χ4v) is 34.6. The summed E-state index contributed by atoms with van der Waals surface area (Å²) in [5.41, 5.74) is -1.97. The molecule has 6 rings (SSSR count). The minimum Gasteiger partial charge on any atom is -0.488 e. The van der Waals surface area contributed by atoms with Gasteiger partial charge in [0.05, 0.1) is 0 Å². The van der Waals surface area contributed by atoms with Crippen LogP contribution in [0.5, 0.6) is 28.7 Å². The van der Waals surface area contributed by atoms with E-state index >= 15 is 0 Å². The Kier molecular flexibility index (Phi) is 15.6. The van der Waals surface area contributed by atoms with Crippen LogP contribution in [0.2, 0.25) is 32.7 Å². The second-order valence-electron chi connectivity index (χ2n) is 23.9. The van der Waals surface area contributed by atoms with Crippen molar-refractivity contribution < 1.29 is 44.3 Å². The van der Waals surface area contributed by atoms with Crippen LogP contribution in [-0.4, -0.2) is 70.8 Å². The van der Waals surface area contributed by atoms with E-state index in [9.17, 15) is 0 Å². The van der Waals surface area contributed by atoms with Crippen molar-refractivity contribution in [2.45, 2.75) is 165 Å². The van der Waals surface area contributed by atoms with Crippen molar-refractivity contribution >= 4 is 68.7 Å². The van der Waals surface area contributed by atoms with Gasteiger partial charge in [0, 0.05) is 0 Å². The molecule has 5 aromatic rings. The molecule has 1 fully saturated rings. The molecule has 0 spiro atoms. The van der Waals surface area contributed by atoms with Gasteiger partial charge in [-0.3, -0.25) is 0 Å². The summed E-state index contributed by atoms with van der Waals surface area (Å²) < 4.78 is 71.3. The first-order valence-corrected chi connectivity index (χ1v) is 36.0. The minimum absolute atomic E-state index is 0.394. The van der Waals surface area contributed by atoms with Gasteiger partial charge in [0.1, 0.15) is 56.8 Å². The summed E-state index contributed by atoms with van der Waals surface area (Å²) in [6.45, 7) is 41.3. The van der Waals surface area contributed by atoms with Gasteiger partial charge in [-0.1, -0.05) is 60.7 Å². The van der Waals surface area contributed by atoms with Crippen molar-refractivity contribution in [1.82, 2.24) is 0 Å². The van der Waals surface area contributed by atoms with Gasteiger partial charge in [-0.05, 0) is 223 Å². The van der Waals surface area contributed by atoms with Gasteiger partial charge < -0.3 is 44.3 Å². The maximum absolute atomic E-state index is 7.92. The second kappa shape index (κ2) is 19.8. The van der Waals surface area contributed by atoms with E-state index in [1.807, 2.05) is 165 Å². The smallest absolute Gasteiger partial charge is 0.352 e. The molecule has 0 radical (unpaired) electrons. The number of hydrogen-bond acceptors (Lipinski definition) is 10. The van der Waals surface area contributed by atoms with Gasteiger partial charge >= 0.3 is 42.8 Å². The highest BCUT2D eigenvalue weighted by Crippen LogP contribution is 2.34. The number of benzene rings is 5. The van der Waals surface area contributed by atoms with Crippen LogP contribution in [0, 0.1) is 0 Å². The van der Waals surface area contributed by atoms with Crippen molar-refractivity contribution in [2.24, 2.45) is 0 Å². The average Bonchev–Trinajstić information content (AvgIpc) is 3.18. The SMILES string of the molecule is CC(C)(C)Oc1ccc([Si]2(C)O[Si](C)(c3ccc(OC(C)(C)C)cc3)O[Si](C)(c3ccc(OC(C)(C)C)cc3)O[Si](C)(c3ccc(OC(C)(C)C)cc3)O[Si](C)(c3ccc(OC(C)(C)C)cc3)O2)cc1. The predicted molar refractivity (Wildman–Crippen MR) is 296 cm³/mol. The largest absolute Gasteiger partial charge is 0.488 e. The Morgan fingerprint density at radius 2 is 0.343 bits per heavy atom. The topological polar surface area (TPSA) is 92.3 Å². The molecule has 0 atom stereocenters. The van der Waals surface area contributed by atoms with E-state index in [0.29, 0.717) is 0 Å². The highest BCUT2D eigenvalue weighted by atomic mass is 28.5. The highest BCUT2D eigenvalue weighted by molar-refractivity contribution is 7.05. The fourth-order valence-electron chi connectivity index (χ4n) is 8.45. The Morgan fingerprint density at radius 3 is 0.443 bits per heavy atom. The number of ether oxygens (including phenoxy) is 5. The molecule has 70 heavy (non-hydrogen) atoms. The van der Waals surface area contributed by atoms with Crippen LogP contribution >= 0.6 is 0 Å². The maximum atomic E-state index is 7.92. The lowest BCUT2D eigenvalue weighted by atomic mass is 10.2. The minimum atomic E-state index is -3.67. The third-order valence-electron chi connectivity index (χ3n) is 11.0. The molecule has 0 bridgehead atoms. The van der Waals surface area contributed by atoms with E-state index in [4.69, 9.17) is 44.3 Å². The van der Waals surface area contributed by atoms with Crippen LogP contribution in [0.1, 0.15) is 104 Å². The van der Waals surface area contributed by atoms with Gasteiger partial charge in [0.25, 0.3) is 0 Å². The highest BCUT2D eigenvalue weighted by Gasteiger charge is 2.60. The Hall–Kier alpha value is -4.02. The van der Waals surface area contributed by atoms with Crippen LogP contribution in [0.25, 0.3) is 0 Å². The normalized spacial score (nSPS) is 25.1. The van der Waals surface area contributed by atoms with Crippen molar-refractivity contribution in [3.8, 4) is 28.7 Å². The van der Waals surface area contributed by atoms with E-state index in [1.165, 1.54) is 0 Å². The molecule has 0 aliphatic carbocycles. The molecule has 0 saturated carbocycles. The summed E-state index contributed by atoms with van der Waals surface area (Å²) in [4.78, 5) is 0. The molecule has 1 heterocycles. The van der Waals surface area contributed by atoms with Crippen molar-refractivity contribution in [3.05, 3.63) is 121 Å². The quantitative estimate of drug-likeness (QED) is 0.126. The van der Waals surface area contributed by atoms with Crippen LogP contribution in [0.4, 0.5) is 0 Å². The molecule has 0 N–H and O–H groups in total. The summed E-state index contributed by atoms with van der Waals surface area (Å²) in [7, 11) is -18.3. The number of rotatable bonds is 10. The predicted octanol–water partition coefficient (Wildman–Crippen LogP) is 10.9. The van der Waals surface area contributed by atoms with Gasteiger partial charge in [-0.25, -0.2) is 0 Å². The summed E-state index contributed by atoms with van der Waals surface area (Å²) in [5, 5.41) is 4.51. The Labute approximate surface area is 425 Å². The van der Waals surface area contributed by atoms with Gasteiger partial charge in [-0.15, -0.1) is 0 Å². The molecule has 0 aromatic heterocycles. The van der Waals surface area contributed by atoms with Crippen LogP contribution in [-0.2, 0) is 20.6 Å². The van der Waals surface area contributed by atoms with Gasteiger partial charge in [0.2, 0.25) is 0 Å². The molecule has 1 aliphatic rings. The summed E-state index contributed by atoms with van der Waals surface area (Å²) in [6, 6.07) is 40.8. The van der Waals surface area contributed by atoms with E-state index < -0.39 is 70.8 Å². The zero-order valence-corrected chi connectivity index (χ0v) is 50.6. The molecule has 0 unspecified atom stereocenters. The molecule has 380 valence electrons. The first kappa shape index (κ1) is 55.3. The second-order valence-corrected chi connectivity index (χ2v) is 40.4. The Morgan fingerprint density at radius 1 is 0.229 bits per heavy atom. The fraction of sp³-hybridized carbons (Fsp3) is 0.455. The molecule has 0 amide bonds. The van der Waals surface area contributed by atoms with Crippen molar-refractivity contribution in [2.75, 3.05) is 0 Å². The van der Waals surface area contributed by atoms with Crippen LogP contribution in [0.15, 0.2) is 121 Å². The zero-order valence-electron chi connectivity index (χ0n) is 45.6. The lowest BCUT2D eigenvalue weighted by molar-refractivity contribution is 0.130. The Bertz CT molecular complexity index is 2090. The third kappa shape index (κ3) is 14.8. The molecule has 1 saturated heterocycles. The van der Waals surface area contributed by atoms with E-state index in [-0.39, 0.29) is 0 Å². The maximum Gasteiger partial charge on any atom is 0.352 e. The van der Waals surface area contributed by atoms with Gasteiger partial charge in [-0.2, -0.15) is 0 Å². The lowest BCUT2D eigenvalue weighted by Gasteiger charge is -2.50. The summed E-state index contributed by atoms with van der Waals surface area (Å²) in [5.74, 6) is 3.73. The molecule has 10 nitrogen and oxygen atoms in total. The van der Waals surface area contributed by atoms with E-state index in [2.05, 4.69) is 93.4 Å². The standard InChI is InChI=1S/C55H80O10Si5/c1-51(2,3)56-41-21-31-46(32-22-41)66(16)61-67(17,47-33-23-42(24-34-47)57-52(4,5)6)63-69(19,49-37-27-44(28-38-49)59-54(10,11)12)65-70(20,50-39-29-45(30-40-50)60-55(13,14)15)64-68(18,62-66)48-35-25-43(26-36-48)58-53(7,8)9/h21-40H,1-20H3.